The van der Waals surface area contributed by atoms with Gasteiger partial charge in [0.2, 0.25) is 13.3 Å². The molecule has 2 heterocycles. The summed E-state index contributed by atoms with van der Waals surface area (Å²) in [6.45, 7) is 14.9. The van der Waals surface area contributed by atoms with Gasteiger partial charge in [0.1, 0.15) is 0 Å². The lowest BCUT2D eigenvalue weighted by Gasteiger charge is -2.19. The smallest absolute Gasteiger partial charge is 0.208 e. The molecule has 0 amide bonds. The first-order valence-corrected chi connectivity index (χ1v) is 8.80. The molecule has 0 fully saturated rings. The molecular formula is C20H26N4. The molecule has 4 radical (unpaired) electrons. The van der Waals surface area contributed by atoms with Crippen molar-refractivity contribution < 1.29 is 0 Å². The lowest BCUT2D eigenvalue weighted by molar-refractivity contribution is 0.337. The molecule has 4 nitrogen and oxygen atoms in total. The first-order chi connectivity index (χ1) is 11.8. The standard InChI is InChI=1S/C20H26N4/c1-3-9-21-11-13-23(17-21)15-19-5-7-20(8-6-19)16-24-14-12-22(18-24)10-4-2/h5-8,11-14H,3-4,9-10,15-16H2,1-2H3. The van der Waals surface area contributed by atoms with Gasteiger partial charge in [-0.15, -0.1) is 0 Å². The van der Waals surface area contributed by atoms with Crippen LogP contribution in [-0.2, 0) is 13.1 Å². The third-order valence-corrected chi connectivity index (χ3v) is 4.02. The van der Waals surface area contributed by atoms with E-state index in [-0.39, 0.29) is 0 Å². The topological polar surface area (TPSA) is 13.0 Å². The van der Waals surface area contributed by atoms with Crippen LogP contribution in [0.1, 0.15) is 37.8 Å². The van der Waals surface area contributed by atoms with Crippen LogP contribution in [0.5, 0.6) is 0 Å². The molecular weight excluding hydrogens is 296 g/mol. The minimum atomic E-state index is 0.864. The summed E-state index contributed by atoms with van der Waals surface area (Å²) in [7, 11) is 0. The van der Waals surface area contributed by atoms with Crippen molar-refractivity contribution in [3.63, 3.8) is 0 Å². The van der Waals surface area contributed by atoms with E-state index >= 15 is 0 Å². The van der Waals surface area contributed by atoms with E-state index in [0.717, 1.165) is 39.0 Å². The van der Waals surface area contributed by atoms with E-state index in [1.54, 1.807) is 0 Å². The van der Waals surface area contributed by atoms with Crippen LogP contribution in [0.4, 0.5) is 0 Å². The van der Waals surface area contributed by atoms with Crippen LogP contribution >= 0.6 is 0 Å². The Balaban J connectivity index is 1.46. The van der Waals surface area contributed by atoms with Crippen LogP contribution in [0.25, 0.3) is 0 Å². The molecule has 3 rings (SSSR count). The van der Waals surface area contributed by atoms with Crippen LogP contribution < -0.4 is 0 Å². The molecule has 1 aromatic carbocycles. The lowest BCUT2D eigenvalue weighted by Crippen LogP contribution is -2.20. The highest BCUT2D eigenvalue weighted by Crippen LogP contribution is 2.18. The summed E-state index contributed by atoms with van der Waals surface area (Å²) in [5, 5.41) is 0. The predicted octanol–water partition coefficient (Wildman–Crippen LogP) is 3.68. The molecule has 0 unspecified atom stereocenters. The molecule has 1 aromatic rings. The van der Waals surface area contributed by atoms with E-state index < -0.39 is 0 Å². The van der Waals surface area contributed by atoms with E-state index in [0.29, 0.717) is 0 Å². The molecule has 4 heteroatoms. The summed E-state index contributed by atoms with van der Waals surface area (Å²) >= 11 is 0. The van der Waals surface area contributed by atoms with E-state index in [1.807, 2.05) is 0 Å². The SMILES string of the molecule is CCCN1[C]N(Cc2ccc(CN3[C]N(CCC)C=C3)cc2)C=C1. The van der Waals surface area contributed by atoms with Gasteiger partial charge in [0, 0.05) is 51.0 Å². The Kier molecular flexibility index (Phi) is 5.68. The van der Waals surface area contributed by atoms with Gasteiger partial charge in [-0.1, -0.05) is 38.1 Å². The Bertz CT molecular complexity index is 513. The average Bonchev–Trinajstić information content (AvgIpc) is 3.20. The first-order valence-electron chi connectivity index (χ1n) is 8.80. The Morgan fingerprint density at radius 2 is 1.00 bits per heavy atom. The zero-order valence-electron chi connectivity index (χ0n) is 14.7. The number of rotatable bonds is 8. The van der Waals surface area contributed by atoms with Crippen molar-refractivity contribution in [3.8, 4) is 0 Å². The van der Waals surface area contributed by atoms with Gasteiger partial charge in [0.25, 0.3) is 0 Å². The number of benzene rings is 1. The number of hydrogen-bond donors (Lipinski definition) is 0. The average molecular weight is 322 g/mol. The van der Waals surface area contributed by atoms with Crippen molar-refractivity contribution in [3.05, 3.63) is 73.5 Å². The molecule has 126 valence electrons. The third-order valence-electron chi connectivity index (χ3n) is 4.02. The van der Waals surface area contributed by atoms with Gasteiger partial charge in [0.15, 0.2) is 0 Å². The summed E-state index contributed by atoms with van der Waals surface area (Å²) in [6.07, 6.45) is 10.6. The minimum Gasteiger partial charge on any atom is -0.346 e. The van der Waals surface area contributed by atoms with Crippen molar-refractivity contribution in [2.75, 3.05) is 13.1 Å². The highest BCUT2D eigenvalue weighted by Gasteiger charge is 2.15. The fraction of sp³-hybridized carbons (Fsp3) is 0.400. The highest BCUT2D eigenvalue weighted by atomic mass is 15.3. The molecule has 0 aliphatic carbocycles. The van der Waals surface area contributed by atoms with Gasteiger partial charge < -0.3 is 19.6 Å². The second-order valence-electron chi connectivity index (χ2n) is 6.26. The highest BCUT2D eigenvalue weighted by molar-refractivity contribution is 5.24. The molecule has 0 aromatic heterocycles. The molecule has 24 heavy (non-hydrogen) atoms. The largest absolute Gasteiger partial charge is 0.346 e. The van der Waals surface area contributed by atoms with Crippen molar-refractivity contribution in [1.82, 2.24) is 19.6 Å². The second kappa shape index (κ2) is 8.13. The summed E-state index contributed by atoms with van der Waals surface area (Å²) < 4.78 is 0. The number of hydrogen-bond acceptors (Lipinski definition) is 4. The van der Waals surface area contributed by atoms with Gasteiger partial charge >= 0.3 is 0 Å². The Labute approximate surface area is 146 Å². The van der Waals surface area contributed by atoms with Crippen molar-refractivity contribution in [1.29, 1.82) is 0 Å². The van der Waals surface area contributed by atoms with Crippen LogP contribution in [0.15, 0.2) is 49.1 Å². The first kappa shape index (κ1) is 16.7. The fourth-order valence-electron chi connectivity index (χ4n) is 2.84. The predicted molar refractivity (Wildman–Crippen MR) is 96.3 cm³/mol. The third kappa shape index (κ3) is 4.47. The van der Waals surface area contributed by atoms with Gasteiger partial charge in [-0.05, 0) is 24.0 Å². The molecule has 0 saturated heterocycles. The molecule has 0 N–H and O–H groups in total. The van der Waals surface area contributed by atoms with Gasteiger partial charge in [-0.25, -0.2) is 0 Å². The molecule has 2 aliphatic heterocycles. The van der Waals surface area contributed by atoms with Crippen LogP contribution in [0.2, 0.25) is 0 Å². The van der Waals surface area contributed by atoms with Crippen molar-refractivity contribution in [2.24, 2.45) is 0 Å². The van der Waals surface area contributed by atoms with Gasteiger partial charge in [-0.3, -0.25) is 0 Å². The Morgan fingerprint density at radius 3 is 1.38 bits per heavy atom. The van der Waals surface area contributed by atoms with Crippen molar-refractivity contribution >= 4 is 0 Å². The molecule has 0 bridgehead atoms. The summed E-state index contributed by atoms with van der Waals surface area (Å²) in [6, 6.07) is 8.82. The Morgan fingerprint density at radius 1 is 0.625 bits per heavy atom. The molecule has 0 saturated carbocycles. The second-order valence-corrected chi connectivity index (χ2v) is 6.26. The van der Waals surface area contributed by atoms with E-state index in [2.05, 4.69) is 95.8 Å². The van der Waals surface area contributed by atoms with Crippen LogP contribution in [0, 0.1) is 13.3 Å². The summed E-state index contributed by atoms with van der Waals surface area (Å²) in [4.78, 5) is 8.44. The minimum absolute atomic E-state index is 0.864. The van der Waals surface area contributed by atoms with E-state index in [9.17, 15) is 0 Å². The van der Waals surface area contributed by atoms with Crippen molar-refractivity contribution in [2.45, 2.75) is 39.8 Å². The van der Waals surface area contributed by atoms with Crippen LogP contribution in [-0.4, -0.2) is 32.7 Å². The van der Waals surface area contributed by atoms with E-state index in [4.69, 9.17) is 0 Å². The maximum Gasteiger partial charge on any atom is 0.208 e. The van der Waals surface area contributed by atoms with Gasteiger partial charge in [-0.2, -0.15) is 0 Å². The monoisotopic (exact) mass is 322 g/mol. The maximum absolute atomic E-state index is 3.35. The lowest BCUT2D eigenvalue weighted by atomic mass is 10.1. The van der Waals surface area contributed by atoms with Crippen LogP contribution in [0.3, 0.4) is 0 Å². The Hall–Kier alpha value is -2.10. The number of nitrogens with zero attached hydrogens (tertiary/aromatic N) is 4. The normalized spacial score (nSPS) is 16.8. The molecule has 0 atom stereocenters. The molecule has 0 spiro atoms. The summed E-state index contributed by atoms with van der Waals surface area (Å²) in [5.41, 5.74) is 2.60. The zero-order chi connectivity index (χ0) is 16.8. The zero-order valence-corrected chi connectivity index (χ0v) is 14.7. The molecule has 2 aliphatic rings. The summed E-state index contributed by atoms with van der Waals surface area (Å²) in [5.74, 6) is 0. The maximum atomic E-state index is 3.35. The quantitative estimate of drug-likeness (QED) is 0.724. The fourth-order valence-corrected chi connectivity index (χ4v) is 2.84. The van der Waals surface area contributed by atoms with Gasteiger partial charge in [0.05, 0.1) is 0 Å². The van der Waals surface area contributed by atoms with E-state index in [1.165, 1.54) is 11.1 Å².